The van der Waals surface area contributed by atoms with E-state index in [-0.39, 0.29) is 22.8 Å². The molecule has 1 fully saturated rings. The topological polar surface area (TPSA) is 52.7 Å². The molecule has 1 aromatic rings. The van der Waals surface area contributed by atoms with Crippen molar-refractivity contribution in [1.29, 1.82) is 0 Å². The molecule has 132 valence electrons. The van der Waals surface area contributed by atoms with Crippen molar-refractivity contribution < 1.29 is 9.59 Å². The Morgan fingerprint density at radius 1 is 1.12 bits per heavy atom. The van der Waals surface area contributed by atoms with Gasteiger partial charge in [-0.05, 0) is 31.2 Å². The number of halogens is 2. The molecule has 1 heterocycles. The highest BCUT2D eigenvalue weighted by molar-refractivity contribution is 6.36. The molecule has 0 radical (unpaired) electrons. The predicted octanol–water partition coefficient (Wildman–Crippen LogP) is 2.52. The van der Waals surface area contributed by atoms with E-state index in [9.17, 15) is 9.59 Å². The smallest absolute Gasteiger partial charge is 0.253 e. The van der Waals surface area contributed by atoms with Crippen molar-refractivity contribution in [3.63, 3.8) is 0 Å². The van der Waals surface area contributed by atoms with Crippen LogP contribution in [-0.4, -0.2) is 60.9 Å². The molecule has 24 heavy (non-hydrogen) atoms. The summed E-state index contributed by atoms with van der Waals surface area (Å²) in [4.78, 5) is 29.3. The average molecular weight is 372 g/mol. The van der Waals surface area contributed by atoms with Gasteiger partial charge in [0.2, 0.25) is 5.91 Å². The standard InChI is InChI=1S/C17H23Cl2N3O2/c1-11(2)15(17(24)22-8-6-21(3)7-9-22)20-16(23)13-5-4-12(18)10-14(13)19/h4-5,10-11,15H,6-9H2,1-3H3,(H,20,23). The Morgan fingerprint density at radius 3 is 2.29 bits per heavy atom. The van der Waals surface area contributed by atoms with E-state index in [1.54, 1.807) is 12.1 Å². The number of likely N-dealkylation sites (N-methyl/N-ethyl adjacent to an activating group) is 1. The van der Waals surface area contributed by atoms with Gasteiger partial charge < -0.3 is 15.1 Å². The van der Waals surface area contributed by atoms with Gasteiger partial charge in [0, 0.05) is 31.2 Å². The zero-order valence-corrected chi connectivity index (χ0v) is 15.7. The molecule has 5 nitrogen and oxygen atoms in total. The van der Waals surface area contributed by atoms with Crippen LogP contribution in [0.5, 0.6) is 0 Å². The lowest BCUT2D eigenvalue weighted by molar-refractivity contribution is -0.135. The van der Waals surface area contributed by atoms with Gasteiger partial charge in [-0.3, -0.25) is 9.59 Å². The second-order valence-electron chi connectivity index (χ2n) is 6.45. The van der Waals surface area contributed by atoms with Crippen LogP contribution in [0, 0.1) is 5.92 Å². The quantitative estimate of drug-likeness (QED) is 0.884. The van der Waals surface area contributed by atoms with Gasteiger partial charge in [0.15, 0.2) is 0 Å². The fourth-order valence-corrected chi connectivity index (χ4v) is 3.12. The summed E-state index contributed by atoms with van der Waals surface area (Å²) in [6.45, 7) is 6.87. The maximum absolute atomic E-state index is 12.8. The molecule has 1 atom stereocenters. The fraction of sp³-hybridized carbons (Fsp3) is 0.529. The molecule has 1 aliphatic rings. The predicted molar refractivity (Wildman–Crippen MR) is 96.6 cm³/mol. The number of amides is 2. The van der Waals surface area contributed by atoms with Crippen LogP contribution < -0.4 is 5.32 Å². The molecular weight excluding hydrogens is 349 g/mol. The van der Waals surface area contributed by atoms with Crippen molar-refractivity contribution in [1.82, 2.24) is 15.1 Å². The first-order valence-electron chi connectivity index (χ1n) is 8.03. The van der Waals surface area contributed by atoms with Crippen molar-refractivity contribution in [2.24, 2.45) is 5.92 Å². The van der Waals surface area contributed by atoms with Crippen LogP contribution in [0.1, 0.15) is 24.2 Å². The number of piperazine rings is 1. The minimum Gasteiger partial charge on any atom is -0.340 e. The molecule has 1 saturated heterocycles. The molecule has 1 aliphatic heterocycles. The summed E-state index contributed by atoms with van der Waals surface area (Å²) in [5, 5.41) is 3.57. The van der Waals surface area contributed by atoms with E-state index in [1.165, 1.54) is 6.07 Å². The molecule has 0 saturated carbocycles. The largest absolute Gasteiger partial charge is 0.340 e. The first-order valence-corrected chi connectivity index (χ1v) is 8.78. The number of carbonyl (C=O) groups is 2. The molecule has 2 rings (SSSR count). The number of carbonyl (C=O) groups excluding carboxylic acids is 2. The fourth-order valence-electron chi connectivity index (χ4n) is 2.63. The highest BCUT2D eigenvalue weighted by atomic mass is 35.5. The Bertz CT molecular complexity index is 614. The third-order valence-electron chi connectivity index (χ3n) is 4.21. The molecule has 0 spiro atoms. The number of hydrogen-bond donors (Lipinski definition) is 1. The normalized spacial score (nSPS) is 17.0. The van der Waals surface area contributed by atoms with Crippen molar-refractivity contribution >= 4 is 35.0 Å². The lowest BCUT2D eigenvalue weighted by atomic mass is 10.0. The van der Waals surface area contributed by atoms with Gasteiger partial charge in [-0.25, -0.2) is 0 Å². The summed E-state index contributed by atoms with van der Waals surface area (Å²) in [5.41, 5.74) is 0.317. The second kappa shape index (κ2) is 8.19. The maximum atomic E-state index is 12.8. The van der Waals surface area contributed by atoms with Crippen molar-refractivity contribution in [2.45, 2.75) is 19.9 Å². The highest BCUT2D eigenvalue weighted by Crippen LogP contribution is 2.21. The minimum atomic E-state index is -0.576. The van der Waals surface area contributed by atoms with Gasteiger partial charge in [-0.15, -0.1) is 0 Å². The summed E-state index contributed by atoms with van der Waals surface area (Å²) < 4.78 is 0. The number of nitrogens with one attached hydrogen (secondary N) is 1. The lowest BCUT2D eigenvalue weighted by Crippen LogP contribution is -2.55. The van der Waals surface area contributed by atoms with E-state index in [0.717, 1.165) is 13.1 Å². The average Bonchev–Trinajstić information content (AvgIpc) is 2.52. The third kappa shape index (κ3) is 4.62. The van der Waals surface area contributed by atoms with Crippen molar-refractivity contribution in [3.8, 4) is 0 Å². The Morgan fingerprint density at radius 2 is 1.75 bits per heavy atom. The van der Waals surface area contributed by atoms with Gasteiger partial charge in [-0.2, -0.15) is 0 Å². The monoisotopic (exact) mass is 371 g/mol. The van der Waals surface area contributed by atoms with E-state index >= 15 is 0 Å². The number of nitrogens with zero attached hydrogens (tertiary/aromatic N) is 2. The van der Waals surface area contributed by atoms with Gasteiger partial charge in [0.05, 0.1) is 10.6 Å². The van der Waals surface area contributed by atoms with Gasteiger partial charge in [0.1, 0.15) is 6.04 Å². The lowest BCUT2D eigenvalue weighted by Gasteiger charge is -2.35. The van der Waals surface area contributed by atoms with Gasteiger partial charge in [0.25, 0.3) is 5.91 Å². The maximum Gasteiger partial charge on any atom is 0.253 e. The molecule has 0 bridgehead atoms. The van der Waals surface area contributed by atoms with Crippen LogP contribution >= 0.6 is 23.2 Å². The molecule has 1 N–H and O–H groups in total. The molecule has 7 heteroatoms. The van der Waals surface area contributed by atoms with E-state index in [2.05, 4.69) is 10.2 Å². The van der Waals surface area contributed by atoms with Crippen LogP contribution in [0.25, 0.3) is 0 Å². The first-order chi connectivity index (χ1) is 11.3. The van der Waals surface area contributed by atoms with E-state index < -0.39 is 6.04 Å². The molecule has 1 unspecified atom stereocenters. The Balaban J connectivity index is 2.10. The zero-order chi connectivity index (χ0) is 17.9. The molecular formula is C17H23Cl2N3O2. The van der Waals surface area contributed by atoms with Crippen LogP contribution in [0.3, 0.4) is 0 Å². The summed E-state index contributed by atoms with van der Waals surface area (Å²) in [5.74, 6) is -0.429. The second-order valence-corrected chi connectivity index (χ2v) is 7.29. The number of benzene rings is 1. The Kier molecular flexibility index (Phi) is 6.49. The van der Waals surface area contributed by atoms with Crippen LogP contribution in [0.15, 0.2) is 18.2 Å². The van der Waals surface area contributed by atoms with E-state index in [4.69, 9.17) is 23.2 Å². The van der Waals surface area contributed by atoms with Gasteiger partial charge in [-0.1, -0.05) is 37.0 Å². The number of rotatable bonds is 4. The molecule has 1 aromatic carbocycles. The van der Waals surface area contributed by atoms with Gasteiger partial charge >= 0.3 is 0 Å². The summed E-state index contributed by atoms with van der Waals surface area (Å²) in [7, 11) is 2.03. The molecule has 0 aromatic heterocycles. The Hall–Kier alpha value is -1.30. The zero-order valence-electron chi connectivity index (χ0n) is 14.2. The Labute approximate surface area is 152 Å². The molecule has 2 amide bonds. The van der Waals surface area contributed by atoms with Crippen LogP contribution in [0.2, 0.25) is 10.0 Å². The third-order valence-corrected chi connectivity index (χ3v) is 4.76. The summed E-state index contributed by atoms with van der Waals surface area (Å²) in [6.07, 6.45) is 0. The SMILES string of the molecule is CC(C)C(NC(=O)c1ccc(Cl)cc1Cl)C(=O)N1CCN(C)CC1. The highest BCUT2D eigenvalue weighted by Gasteiger charge is 2.30. The van der Waals surface area contributed by atoms with E-state index in [0.29, 0.717) is 23.7 Å². The van der Waals surface area contributed by atoms with E-state index in [1.807, 2.05) is 25.8 Å². The first kappa shape index (κ1) is 19.0. The van der Waals surface area contributed by atoms with Crippen molar-refractivity contribution in [2.75, 3.05) is 33.2 Å². The summed E-state index contributed by atoms with van der Waals surface area (Å²) >= 11 is 11.9. The minimum absolute atomic E-state index is 0.0211. The van der Waals surface area contributed by atoms with Crippen molar-refractivity contribution in [3.05, 3.63) is 33.8 Å². The summed E-state index contributed by atoms with van der Waals surface area (Å²) in [6, 6.07) is 4.12. The number of hydrogen-bond acceptors (Lipinski definition) is 3. The van der Waals surface area contributed by atoms with Crippen LogP contribution in [0.4, 0.5) is 0 Å². The van der Waals surface area contributed by atoms with Crippen LogP contribution in [-0.2, 0) is 4.79 Å². The molecule has 0 aliphatic carbocycles.